The first-order valence-electron chi connectivity index (χ1n) is 11.7. The van der Waals surface area contributed by atoms with Crippen molar-refractivity contribution >= 4 is 11.7 Å². The van der Waals surface area contributed by atoms with Gasteiger partial charge in [0.15, 0.2) is 5.78 Å². The van der Waals surface area contributed by atoms with Crippen LogP contribution in [0.3, 0.4) is 0 Å². The van der Waals surface area contributed by atoms with Crippen LogP contribution < -0.4 is 5.32 Å². The van der Waals surface area contributed by atoms with E-state index in [1.54, 1.807) is 0 Å². The monoisotopic (exact) mass is 400 g/mol. The van der Waals surface area contributed by atoms with Crippen LogP contribution >= 0.6 is 0 Å². The van der Waals surface area contributed by atoms with E-state index in [4.69, 9.17) is 0 Å². The summed E-state index contributed by atoms with van der Waals surface area (Å²) in [5.74, 6) is 2.60. The van der Waals surface area contributed by atoms with Gasteiger partial charge in [0, 0.05) is 48.2 Å². The van der Waals surface area contributed by atoms with Crippen LogP contribution in [0.1, 0.15) is 80.1 Å². The Hall–Kier alpha value is -1.32. The fourth-order valence-electron chi connectivity index (χ4n) is 7.95. The van der Waals surface area contributed by atoms with Gasteiger partial charge in [-0.3, -0.25) is 9.59 Å². The molecule has 1 N–H and O–H groups in total. The molecule has 1 heterocycles. The van der Waals surface area contributed by atoms with Crippen molar-refractivity contribution in [2.45, 2.75) is 85.6 Å². The Morgan fingerprint density at radius 1 is 1.10 bits per heavy atom. The molecule has 4 nitrogen and oxygen atoms in total. The van der Waals surface area contributed by atoms with Crippen LogP contribution in [0, 0.1) is 34.5 Å². The van der Waals surface area contributed by atoms with Gasteiger partial charge in [-0.25, -0.2) is 0 Å². The first kappa shape index (κ1) is 20.9. The predicted octanol–water partition coefficient (Wildman–Crippen LogP) is 4.55. The van der Waals surface area contributed by atoms with E-state index in [0.717, 1.165) is 31.4 Å². The maximum Gasteiger partial charge on any atom is 0.224 e. The van der Waals surface area contributed by atoms with Crippen molar-refractivity contribution in [1.82, 2.24) is 10.2 Å². The number of amides is 1. The number of nitrogens with zero attached hydrogens (tertiary/aromatic N) is 1. The van der Waals surface area contributed by atoms with Crippen molar-refractivity contribution in [2.75, 3.05) is 13.6 Å². The molecule has 4 heteroatoms. The lowest BCUT2D eigenvalue weighted by atomic mass is 9.49. The normalized spacial score (nSPS) is 42.3. The number of fused-ring (bicyclic) bond motifs is 5. The Balaban J connectivity index is 1.64. The van der Waals surface area contributed by atoms with Crippen molar-refractivity contribution in [2.24, 2.45) is 34.5 Å². The highest BCUT2D eigenvalue weighted by atomic mass is 16.2. The molecule has 6 atom stereocenters. The Morgan fingerprint density at radius 3 is 2.45 bits per heavy atom. The topological polar surface area (TPSA) is 49.4 Å². The van der Waals surface area contributed by atoms with Crippen LogP contribution in [0.4, 0.5) is 0 Å². The molecule has 1 aliphatic heterocycles. The Labute approximate surface area is 176 Å². The minimum absolute atomic E-state index is 0.106. The Bertz CT molecular complexity index is 763. The first-order chi connectivity index (χ1) is 13.4. The quantitative estimate of drug-likeness (QED) is 0.702. The minimum atomic E-state index is -0.173. The Kier molecular flexibility index (Phi) is 4.76. The molecule has 162 valence electrons. The summed E-state index contributed by atoms with van der Waals surface area (Å²) in [4.78, 5) is 28.0. The van der Waals surface area contributed by atoms with Crippen molar-refractivity contribution < 1.29 is 9.59 Å². The number of hydrogen-bond acceptors (Lipinski definition) is 3. The molecule has 4 rings (SSSR count). The van der Waals surface area contributed by atoms with Crippen molar-refractivity contribution in [1.29, 1.82) is 0 Å². The highest BCUT2D eigenvalue weighted by Crippen LogP contribution is 2.65. The van der Waals surface area contributed by atoms with Gasteiger partial charge in [0.05, 0.1) is 0 Å². The molecule has 0 spiro atoms. The predicted molar refractivity (Wildman–Crippen MR) is 116 cm³/mol. The van der Waals surface area contributed by atoms with E-state index in [2.05, 4.69) is 51.9 Å². The van der Waals surface area contributed by atoms with Gasteiger partial charge >= 0.3 is 0 Å². The molecule has 3 fully saturated rings. The molecule has 3 aliphatic carbocycles. The summed E-state index contributed by atoms with van der Waals surface area (Å²) < 4.78 is 0. The molecule has 2 saturated carbocycles. The van der Waals surface area contributed by atoms with Gasteiger partial charge in [0.25, 0.3) is 0 Å². The molecule has 0 radical (unpaired) electrons. The van der Waals surface area contributed by atoms with Gasteiger partial charge < -0.3 is 10.2 Å². The highest BCUT2D eigenvalue weighted by Gasteiger charge is 2.61. The van der Waals surface area contributed by atoms with Crippen molar-refractivity contribution in [3.8, 4) is 0 Å². The van der Waals surface area contributed by atoms with E-state index in [9.17, 15) is 9.59 Å². The summed E-state index contributed by atoms with van der Waals surface area (Å²) in [6.45, 7) is 14.1. The number of nitrogens with one attached hydrogen (secondary N) is 1. The van der Waals surface area contributed by atoms with Gasteiger partial charge in [-0.1, -0.05) is 13.8 Å². The fraction of sp³-hybridized carbons (Fsp3) is 0.840. The van der Waals surface area contributed by atoms with E-state index in [1.165, 1.54) is 18.5 Å². The summed E-state index contributed by atoms with van der Waals surface area (Å²) in [5.41, 5.74) is 2.37. The standard InChI is InChI=1S/C25H40N2O2/c1-15-20(28)11-13-25(6)18-10-12-24(5)17(16(18)14-27(7)21(15)25)8-9-19(24)22(29)26-23(2,3)4/h16-19H,8-14H2,1-7H3,(H,26,29)/t16-,17-,18-,19+,24-,25+/m0/s1. The van der Waals surface area contributed by atoms with E-state index in [-0.39, 0.29) is 28.2 Å². The summed E-state index contributed by atoms with van der Waals surface area (Å²) in [6.07, 6.45) is 6.20. The second-order valence-electron chi connectivity index (χ2n) is 12.0. The number of hydrogen-bond donors (Lipinski definition) is 1. The van der Waals surface area contributed by atoms with Gasteiger partial charge in [0.1, 0.15) is 0 Å². The lowest BCUT2D eigenvalue weighted by Crippen LogP contribution is -2.58. The molecular formula is C25H40N2O2. The molecule has 4 aliphatic rings. The number of rotatable bonds is 1. The zero-order valence-corrected chi connectivity index (χ0v) is 19.5. The maximum atomic E-state index is 13.1. The van der Waals surface area contributed by atoms with Crippen molar-refractivity contribution in [3.05, 3.63) is 11.3 Å². The van der Waals surface area contributed by atoms with Crippen LogP contribution in [0.5, 0.6) is 0 Å². The summed E-state index contributed by atoms with van der Waals surface area (Å²) in [6, 6.07) is 0. The fourth-order valence-corrected chi connectivity index (χ4v) is 7.95. The van der Waals surface area contributed by atoms with Crippen LogP contribution in [0.15, 0.2) is 11.3 Å². The molecule has 1 saturated heterocycles. The zero-order chi connectivity index (χ0) is 21.4. The summed E-state index contributed by atoms with van der Waals surface area (Å²) in [5, 5.41) is 3.27. The zero-order valence-electron chi connectivity index (χ0n) is 19.5. The second-order valence-corrected chi connectivity index (χ2v) is 12.0. The summed E-state index contributed by atoms with van der Waals surface area (Å²) in [7, 11) is 2.19. The number of carbonyl (C=O) groups excluding carboxylic acids is 2. The molecule has 0 bridgehead atoms. The number of likely N-dealkylation sites (tertiary alicyclic amines) is 1. The first-order valence-corrected chi connectivity index (χ1v) is 11.7. The molecule has 0 aromatic rings. The lowest BCUT2D eigenvalue weighted by molar-refractivity contribution is -0.135. The van der Waals surface area contributed by atoms with E-state index in [0.29, 0.717) is 30.0 Å². The average molecular weight is 401 g/mol. The molecule has 1 amide bonds. The van der Waals surface area contributed by atoms with E-state index < -0.39 is 0 Å². The average Bonchev–Trinajstić information content (AvgIpc) is 2.94. The van der Waals surface area contributed by atoms with Gasteiger partial charge in [0.2, 0.25) is 5.91 Å². The molecular weight excluding hydrogens is 360 g/mol. The number of Topliss-reactive ketones (excluding diaryl/α,β-unsaturated/α-hetero) is 1. The van der Waals surface area contributed by atoms with Crippen LogP contribution in [-0.2, 0) is 9.59 Å². The number of ketones is 1. The van der Waals surface area contributed by atoms with E-state index >= 15 is 0 Å². The summed E-state index contributed by atoms with van der Waals surface area (Å²) >= 11 is 0. The largest absolute Gasteiger partial charge is 0.377 e. The second kappa shape index (κ2) is 6.59. The van der Waals surface area contributed by atoms with Crippen LogP contribution in [0.25, 0.3) is 0 Å². The third-order valence-electron chi connectivity index (χ3n) is 9.12. The van der Waals surface area contributed by atoms with Crippen LogP contribution in [0.2, 0.25) is 0 Å². The number of allylic oxidation sites excluding steroid dienone is 2. The van der Waals surface area contributed by atoms with Crippen LogP contribution in [-0.4, -0.2) is 35.7 Å². The highest BCUT2D eigenvalue weighted by molar-refractivity contribution is 5.96. The van der Waals surface area contributed by atoms with Gasteiger partial charge in [-0.15, -0.1) is 0 Å². The smallest absolute Gasteiger partial charge is 0.224 e. The van der Waals surface area contributed by atoms with Gasteiger partial charge in [-0.2, -0.15) is 0 Å². The third-order valence-corrected chi connectivity index (χ3v) is 9.12. The van der Waals surface area contributed by atoms with Crippen molar-refractivity contribution in [3.63, 3.8) is 0 Å². The third kappa shape index (κ3) is 3.08. The number of carbonyl (C=O) groups is 2. The lowest BCUT2D eigenvalue weighted by Gasteiger charge is -2.60. The molecule has 0 unspecified atom stereocenters. The van der Waals surface area contributed by atoms with E-state index in [1.807, 2.05) is 6.92 Å². The minimum Gasteiger partial charge on any atom is -0.377 e. The Morgan fingerprint density at radius 2 is 1.79 bits per heavy atom. The SMILES string of the molecule is CC1=C2N(C)C[C@H]3[C@@H]4CC[C@H](C(=O)NC(C)(C)C)[C@@]4(C)CC[C@@H]3[C@@]2(C)CCC1=O. The molecule has 0 aromatic heterocycles. The number of piperidine rings is 1. The molecule has 0 aromatic carbocycles. The van der Waals surface area contributed by atoms with Gasteiger partial charge in [-0.05, 0) is 83.0 Å². The molecule has 29 heavy (non-hydrogen) atoms. The maximum absolute atomic E-state index is 13.1.